The quantitative estimate of drug-likeness (QED) is 0.699. The van der Waals surface area contributed by atoms with Crippen LogP contribution in [-0.4, -0.2) is 36.8 Å². The number of nitrogens with one attached hydrogen (secondary N) is 1. The van der Waals surface area contributed by atoms with Crippen molar-refractivity contribution in [2.24, 2.45) is 0 Å². The van der Waals surface area contributed by atoms with Gasteiger partial charge in [-0.05, 0) is 25.1 Å². The first-order valence-corrected chi connectivity index (χ1v) is 9.57. The SMILES string of the molecule is CCOCc1ccc(C(=O)NS(=O)(=O)CC(O)c2ccc(F)cc2F)cn1. The molecule has 0 fully saturated rings. The lowest BCUT2D eigenvalue weighted by Crippen LogP contribution is -2.34. The number of benzene rings is 1. The van der Waals surface area contributed by atoms with Crippen LogP contribution in [0.1, 0.15) is 34.6 Å². The number of aliphatic hydroxyl groups excluding tert-OH is 1. The van der Waals surface area contributed by atoms with Crippen LogP contribution in [0.25, 0.3) is 0 Å². The van der Waals surface area contributed by atoms with Gasteiger partial charge in [0.15, 0.2) is 0 Å². The zero-order chi connectivity index (χ0) is 20.0. The number of aromatic nitrogens is 1. The van der Waals surface area contributed by atoms with Gasteiger partial charge in [0.1, 0.15) is 11.6 Å². The van der Waals surface area contributed by atoms with Crippen LogP contribution in [0.5, 0.6) is 0 Å². The second-order valence-corrected chi connectivity index (χ2v) is 7.34. The van der Waals surface area contributed by atoms with Crippen LogP contribution < -0.4 is 4.72 Å². The van der Waals surface area contributed by atoms with E-state index in [0.29, 0.717) is 18.4 Å². The first-order chi connectivity index (χ1) is 12.7. The molecule has 7 nitrogen and oxygen atoms in total. The van der Waals surface area contributed by atoms with Crippen molar-refractivity contribution < 1.29 is 31.8 Å². The van der Waals surface area contributed by atoms with Gasteiger partial charge in [-0.15, -0.1) is 0 Å². The Morgan fingerprint density at radius 2 is 2.04 bits per heavy atom. The molecule has 0 spiro atoms. The lowest BCUT2D eigenvalue weighted by atomic mass is 10.1. The number of hydrogen-bond acceptors (Lipinski definition) is 6. The third kappa shape index (κ3) is 6.05. The van der Waals surface area contributed by atoms with Crippen molar-refractivity contribution in [2.45, 2.75) is 19.6 Å². The van der Waals surface area contributed by atoms with Crippen LogP contribution in [0, 0.1) is 11.6 Å². The second kappa shape index (κ2) is 8.98. The molecule has 1 atom stereocenters. The number of hydrogen-bond donors (Lipinski definition) is 2. The van der Waals surface area contributed by atoms with Crippen LogP contribution in [0.4, 0.5) is 8.78 Å². The number of carbonyl (C=O) groups excluding carboxylic acids is 1. The molecular formula is C17H18F2N2O5S. The third-order valence-electron chi connectivity index (χ3n) is 3.49. The van der Waals surface area contributed by atoms with Gasteiger partial charge >= 0.3 is 0 Å². The number of carbonyl (C=O) groups is 1. The molecule has 0 aliphatic carbocycles. The van der Waals surface area contributed by atoms with Gasteiger partial charge in [0, 0.05) is 24.4 Å². The van der Waals surface area contributed by atoms with Crippen molar-refractivity contribution >= 4 is 15.9 Å². The van der Waals surface area contributed by atoms with Gasteiger partial charge in [0.05, 0.1) is 29.7 Å². The molecule has 1 aromatic heterocycles. The molecule has 1 heterocycles. The van der Waals surface area contributed by atoms with Crippen LogP contribution in [-0.2, 0) is 21.4 Å². The lowest BCUT2D eigenvalue weighted by Gasteiger charge is -2.13. The smallest absolute Gasteiger partial charge is 0.266 e. The average Bonchev–Trinajstić information content (AvgIpc) is 2.59. The Balaban J connectivity index is 2.03. The fourth-order valence-electron chi connectivity index (χ4n) is 2.16. The molecule has 146 valence electrons. The Kier molecular flexibility index (Phi) is 6.94. The maximum absolute atomic E-state index is 13.6. The largest absolute Gasteiger partial charge is 0.387 e. The predicted molar refractivity (Wildman–Crippen MR) is 92.1 cm³/mol. The van der Waals surface area contributed by atoms with Gasteiger partial charge in [0.2, 0.25) is 10.0 Å². The number of rotatable bonds is 8. The zero-order valence-corrected chi connectivity index (χ0v) is 15.2. The molecule has 0 bridgehead atoms. The number of amides is 1. The standard InChI is InChI=1S/C17H18F2N2O5S/c1-2-26-9-13-5-3-11(8-20-13)17(23)21-27(24,25)10-16(22)14-6-4-12(18)7-15(14)19/h3-8,16,22H,2,9-10H2,1H3,(H,21,23). The fourth-order valence-corrected chi connectivity index (χ4v) is 3.24. The van der Waals surface area contributed by atoms with Crippen molar-refractivity contribution in [2.75, 3.05) is 12.4 Å². The molecule has 2 rings (SSSR count). The number of halogens is 2. The second-order valence-electron chi connectivity index (χ2n) is 5.57. The summed E-state index contributed by atoms with van der Waals surface area (Å²) in [5, 5.41) is 9.91. The van der Waals surface area contributed by atoms with Crippen LogP contribution in [0.15, 0.2) is 36.5 Å². The van der Waals surface area contributed by atoms with Crippen molar-refractivity contribution in [3.05, 3.63) is 65.0 Å². The van der Waals surface area contributed by atoms with E-state index in [-0.39, 0.29) is 12.2 Å². The molecule has 1 unspecified atom stereocenters. The minimum Gasteiger partial charge on any atom is -0.387 e. The summed E-state index contributed by atoms with van der Waals surface area (Å²) in [6, 6.07) is 5.25. The Morgan fingerprint density at radius 3 is 2.63 bits per heavy atom. The molecule has 2 N–H and O–H groups in total. The monoisotopic (exact) mass is 400 g/mol. The zero-order valence-electron chi connectivity index (χ0n) is 14.4. The molecule has 2 aromatic rings. The molecule has 0 saturated heterocycles. The average molecular weight is 400 g/mol. The molecule has 0 radical (unpaired) electrons. The van der Waals surface area contributed by atoms with Crippen molar-refractivity contribution in [1.29, 1.82) is 0 Å². The highest BCUT2D eigenvalue weighted by Crippen LogP contribution is 2.19. The van der Waals surface area contributed by atoms with Gasteiger partial charge in [0.25, 0.3) is 5.91 Å². The van der Waals surface area contributed by atoms with Gasteiger partial charge in [-0.2, -0.15) is 0 Å². The molecule has 0 aliphatic heterocycles. The Labute approximate surface area is 155 Å². The van der Waals surface area contributed by atoms with E-state index in [4.69, 9.17) is 4.74 Å². The summed E-state index contributed by atoms with van der Waals surface area (Å²) in [5.41, 5.74) is 0.163. The Bertz CT molecular complexity index is 904. The fraction of sp³-hybridized carbons (Fsp3) is 0.294. The minimum absolute atomic E-state index is 0.0127. The van der Waals surface area contributed by atoms with Crippen LogP contribution in [0.2, 0.25) is 0 Å². The summed E-state index contributed by atoms with van der Waals surface area (Å²) in [7, 11) is -4.29. The van der Waals surface area contributed by atoms with Gasteiger partial charge in [-0.25, -0.2) is 21.9 Å². The summed E-state index contributed by atoms with van der Waals surface area (Å²) in [5.74, 6) is -3.87. The summed E-state index contributed by atoms with van der Waals surface area (Å²) < 4.78 is 57.6. The minimum atomic E-state index is -4.29. The number of nitrogens with zero attached hydrogens (tertiary/aromatic N) is 1. The molecule has 1 aromatic carbocycles. The predicted octanol–water partition coefficient (Wildman–Crippen LogP) is 1.69. The molecule has 0 aliphatic rings. The molecule has 0 saturated carbocycles. The van der Waals surface area contributed by atoms with Gasteiger partial charge in [-0.3, -0.25) is 9.78 Å². The molecular weight excluding hydrogens is 382 g/mol. The van der Waals surface area contributed by atoms with Crippen LogP contribution in [0.3, 0.4) is 0 Å². The van der Waals surface area contributed by atoms with Gasteiger partial charge < -0.3 is 9.84 Å². The number of pyridine rings is 1. The van der Waals surface area contributed by atoms with E-state index in [1.54, 1.807) is 4.72 Å². The molecule has 1 amide bonds. The Hall–Kier alpha value is -2.43. The highest BCUT2D eigenvalue weighted by molar-refractivity contribution is 7.90. The highest BCUT2D eigenvalue weighted by Gasteiger charge is 2.24. The molecule has 10 heteroatoms. The van der Waals surface area contributed by atoms with E-state index in [9.17, 15) is 27.1 Å². The van der Waals surface area contributed by atoms with Crippen molar-refractivity contribution in [3.8, 4) is 0 Å². The first-order valence-electron chi connectivity index (χ1n) is 7.92. The summed E-state index contributed by atoms with van der Waals surface area (Å²) in [4.78, 5) is 16.0. The molecule has 27 heavy (non-hydrogen) atoms. The van der Waals surface area contributed by atoms with Crippen molar-refractivity contribution in [1.82, 2.24) is 9.71 Å². The topological polar surface area (TPSA) is 106 Å². The Morgan fingerprint density at radius 1 is 1.30 bits per heavy atom. The summed E-state index contributed by atoms with van der Waals surface area (Å²) in [6.45, 7) is 2.57. The number of ether oxygens (including phenoxy) is 1. The maximum atomic E-state index is 13.6. The van der Waals surface area contributed by atoms with Crippen LogP contribution >= 0.6 is 0 Å². The van der Waals surface area contributed by atoms with E-state index in [0.717, 1.165) is 12.1 Å². The lowest BCUT2D eigenvalue weighted by molar-refractivity contribution is 0.0980. The van der Waals surface area contributed by atoms with E-state index in [1.165, 1.54) is 18.3 Å². The van der Waals surface area contributed by atoms with E-state index < -0.39 is 45.0 Å². The first kappa shape index (κ1) is 20.9. The van der Waals surface area contributed by atoms with Crippen molar-refractivity contribution in [3.63, 3.8) is 0 Å². The van der Waals surface area contributed by atoms with E-state index >= 15 is 0 Å². The maximum Gasteiger partial charge on any atom is 0.266 e. The normalized spacial score (nSPS) is 12.6. The summed E-state index contributed by atoms with van der Waals surface area (Å²) >= 11 is 0. The van der Waals surface area contributed by atoms with E-state index in [1.807, 2.05) is 6.92 Å². The highest BCUT2D eigenvalue weighted by atomic mass is 32.2. The summed E-state index contributed by atoms with van der Waals surface area (Å²) in [6.07, 6.45) is -0.586. The van der Waals surface area contributed by atoms with Gasteiger partial charge in [-0.1, -0.05) is 6.07 Å². The van der Waals surface area contributed by atoms with E-state index in [2.05, 4.69) is 4.98 Å². The number of sulfonamides is 1. The number of aliphatic hydroxyl groups is 1. The third-order valence-corrected chi connectivity index (χ3v) is 4.74.